The van der Waals surface area contributed by atoms with Crippen LogP contribution in [0.1, 0.15) is 24.7 Å². The Kier molecular flexibility index (Phi) is 8.15. The van der Waals surface area contributed by atoms with E-state index in [0.29, 0.717) is 21.4 Å². The Hall–Kier alpha value is -3.11. The van der Waals surface area contributed by atoms with Gasteiger partial charge in [-0.1, -0.05) is 78.7 Å². The van der Waals surface area contributed by atoms with Crippen LogP contribution >= 0.6 is 23.2 Å². The van der Waals surface area contributed by atoms with Crippen molar-refractivity contribution in [3.8, 4) is 11.1 Å². The van der Waals surface area contributed by atoms with Gasteiger partial charge in [-0.25, -0.2) is 13.1 Å². The standard InChI is InChI=1S/C25H23Cl2N5O3S/c1-2-23(30-36(34,35)19-11-6-10-18(14-19)17-8-4-3-5-9-17)24(33)16-32-29-25(28-31-32)15-20-21(26)12-7-13-22(20)27/h3-14,23,30H,2,15-16H2,1H3. The summed E-state index contributed by atoms with van der Waals surface area (Å²) in [6.45, 7) is 1.49. The van der Waals surface area contributed by atoms with E-state index in [9.17, 15) is 13.2 Å². The maximum atomic E-state index is 13.1. The lowest BCUT2D eigenvalue weighted by molar-refractivity contribution is -0.121. The quantitative estimate of drug-likeness (QED) is 0.314. The number of ketones is 1. The van der Waals surface area contributed by atoms with E-state index in [2.05, 4.69) is 20.1 Å². The second-order valence-corrected chi connectivity index (χ2v) is 10.6. The van der Waals surface area contributed by atoms with Gasteiger partial charge in [0.1, 0.15) is 6.54 Å². The molecule has 0 amide bonds. The van der Waals surface area contributed by atoms with Crippen LogP contribution in [0.4, 0.5) is 0 Å². The largest absolute Gasteiger partial charge is 0.296 e. The predicted octanol–water partition coefficient (Wildman–Crippen LogP) is 4.56. The SMILES string of the molecule is CCC(NS(=O)(=O)c1cccc(-c2ccccc2)c1)C(=O)Cn1nnc(Cc2c(Cl)cccc2Cl)n1. The number of hydrogen-bond acceptors (Lipinski definition) is 6. The summed E-state index contributed by atoms with van der Waals surface area (Å²) < 4.78 is 28.7. The van der Waals surface area contributed by atoms with Crippen molar-refractivity contribution in [2.24, 2.45) is 0 Å². The van der Waals surface area contributed by atoms with Gasteiger partial charge in [0.2, 0.25) is 10.0 Å². The molecule has 4 rings (SSSR count). The maximum Gasteiger partial charge on any atom is 0.241 e. The van der Waals surface area contributed by atoms with E-state index in [1.165, 1.54) is 6.07 Å². The molecule has 0 spiro atoms. The van der Waals surface area contributed by atoms with Crippen LogP contribution in [0.15, 0.2) is 77.7 Å². The molecule has 0 aliphatic carbocycles. The van der Waals surface area contributed by atoms with Gasteiger partial charge in [0.05, 0.1) is 10.9 Å². The first-order valence-electron chi connectivity index (χ1n) is 11.2. The summed E-state index contributed by atoms with van der Waals surface area (Å²) in [6, 6.07) is 20.2. The summed E-state index contributed by atoms with van der Waals surface area (Å²) in [7, 11) is -3.95. The molecule has 186 valence electrons. The molecule has 0 fully saturated rings. The number of nitrogens with zero attached hydrogens (tertiary/aromatic N) is 4. The number of halogens is 2. The molecule has 1 atom stereocenters. The van der Waals surface area contributed by atoms with Crippen LogP contribution in [-0.2, 0) is 27.8 Å². The minimum Gasteiger partial charge on any atom is -0.296 e. The van der Waals surface area contributed by atoms with Crippen molar-refractivity contribution in [2.75, 3.05) is 0 Å². The summed E-state index contributed by atoms with van der Waals surface area (Å²) in [5.41, 5.74) is 2.31. The number of carbonyl (C=O) groups excluding carboxylic acids is 1. The molecule has 0 aliphatic rings. The number of aromatic nitrogens is 4. The molecule has 4 aromatic rings. The zero-order valence-electron chi connectivity index (χ0n) is 19.3. The molecule has 0 saturated carbocycles. The fraction of sp³-hybridized carbons (Fsp3) is 0.200. The molecule has 3 aromatic carbocycles. The lowest BCUT2D eigenvalue weighted by Gasteiger charge is -2.16. The lowest BCUT2D eigenvalue weighted by Crippen LogP contribution is -2.42. The van der Waals surface area contributed by atoms with Gasteiger partial charge in [-0.15, -0.1) is 10.2 Å². The number of tetrazole rings is 1. The Balaban J connectivity index is 1.45. The Bertz CT molecular complexity index is 1460. The van der Waals surface area contributed by atoms with E-state index in [1.54, 1.807) is 37.3 Å². The zero-order chi connectivity index (χ0) is 25.7. The van der Waals surface area contributed by atoms with Crippen LogP contribution in [0.3, 0.4) is 0 Å². The average Bonchev–Trinajstić information content (AvgIpc) is 3.32. The van der Waals surface area contributed by atoms with Gasteiger partial charge < -0.3 is 0 Å². The Morgan fingerprint density at radius 1 is 0.972 bits per heavy atom. The van der Waals surface area contributed by atoms with Crippen LogP contribution in [0, 0.1) is 0 Å². The van der Waals surface area contributed by atoms with Crippen LogP contribution in [0.5, 0.6) is 0 Å². The van der Waals surface area contributed by atoms with Gasteiger partial charge in [-0.3, -0.25) is 4.79 Å². The van der Waals surface area contributed by atoms with Crippen molar-refractivity contribution < 1.29 is 13.2 Å². The van der Waals surface area contributed by atoms with Crippen molar-refractivity contribution in [1.82, 2.24) is 24.9 Å². The molecule has 1 heterocycles. The number of sulfonamides is 1. The van der Waals surface area contributed by atoms with Gasteiger partial charge in [-0.2, -0.15) is 4.80 Å². The Labute approximate surface area is 219 Å². The van der Waals surface area contributed by atoms with E-state index in [4.69, 9.17) is 23.2 Å². The molecule has 1 N–H and O–H groups in total. The highest BCUT2D eigenvalue weighted by atomic mass is 35.5. The number of hydrogen-bond donors (Lipinski definition) is 1. The number of rotatable bonds is 10. The molecule has 36 heavy (non-hydrogen) atoms. The second-order valence-electron chi connectivity index (χ2n) is 8.06. The van der Waals surface area contributed by atoms with Gasteiger partial charge in [0.15, 0.2) is 11.6 Å². The number of nitrogens with one attached hydrogen (secondary N) is 1. The third-order valence-electron chi connectivity index (χ3n) is 5.53. The van der Waals surface area contributed by atoms with E-state index < -0.39 is 16.1 Å². The first kappa shape index (κ1) is 26.0. The summed E-state index contributed by atoms with van der Waals surface area (Å²) in [5.74, 6) is -0.0517. The highest BCUT2D eigenvalue weighted by molar-refractivity contribution is 7.89. The monoisotopic (exact) mass is 543 g/mol. The first-order valence-corrected chi connectivity index (χ1v) is 13.4. The number of carbonyl (C=O) groups is 1. The Morgan fingerprint density at radius 3 is 2.33 bits per heavy atom. The fourth-order valence-corrected chi connectivity index (χ4v) is 5.51. The van der Waals surface area contributed by atoms with E-state index in [1.807, 2.05) is 36.4 Å². The van der Waals surface area contributed by atoms with Crippen molar-refractivity contribution in [3.63, 3.8) is 0 Å². The highest BCUT2D eigenvalue weighted by Crippen LogP contribution is 2.26. The third kappa shape index (κ3) is 6.17. The molecule has 11 heteroatoms. The molecular formula is C25H23Cl2N5O3S. The van der Waals surface area contributed by atoms with Gasteiger partial charge in [0.25, 0.3) is 0 Å². The lowest BCUT2D eigenvalue weighted by atomic mass is 10.1. The van der Waals surface area contributed by atoms with Crippen molar-refractivity contribution in [3.05, 3.63) is 94.2 Å². The highest BCUT2D eigenvalue weighted by Gasteiger charge is 2.25. The summed E-state index contributed by atoms with van der Waals surface area (Å²) >= 11 is 12.4. The smallest absolute Gasteiger partial charge is 0.241 e. The van der Waals surface area contributed by atoms with Crippen LogP contribution in [0.2, 0.25) is 10.0 Å². The summed E-state index contributed by atoms with van der Waals surface area (Å²) in [6.07, 6.45) is 0.502. The average molecular weight is 544 g/mol. The Morgan fingerprint density at radius 2 is 1.64 bits per heavy atom. The molecule has 1 aromatic heterocycles. The minimum absolute atomic E-state index is 0.0767. The molecule has 0 aliphatic heterocycles. The molecule has 1 unspecified atom stereocenters. The van der Waals surface area contributed by atoms with Crippen molar-refractivity contribution in [1.29, 1.82) is 0 Å². The van der Waals surface area contributed by atoms with Crippen LogP contribution in [-0.4, -0.2) is 40.5 Å². The fourth-order valence-electron chi connectivity index (χ4n) is 3.63. The number of Topliss-reactive ketones (excluding diaryl/α,β-unsaturated/α-hetero) is 1. The zero-order valence-corrected chi connectivity index (χ0v) is 21.6. The minimum atomic E-state index is -3.95. The summed E-state index contributed by atoms with van der Waals surface area (Å²) in [4.78, 5) is 14.1. The van der Waals surface area contributed by atoms with E-state index >= 15 is 0 Å². The molecule has 0 saturated heterocycles. The maximum absolute atomic E-state index is 13.1. The van der Waals surface area contributed by atoms with Crippen LogP contribution in [0.25, 0.3) is 11.1 Å². The summed E-state index contributed by atoms with van der Waals surface area (Å²) in [5, 5.41) is 13.1. The topological polar surface area (TPSA) is 107 Å². The van der Waals surface area contributed by atoms with Gasteiger partial charge >= 0.3 is 0 Å². The third-order valence-corrected chi connectivity index (χ3v) is 7.71. The van der Waals surface area contributed by atoms with Crippen LogP contribution < -0.4 is 4.72 Å². The van der Waals surface area contributed by atoms with Gasteiger partial charge in [0, 0.05) is 16.5 Å². The molecule has 8 nitrogen and oxygen atoms in total. The molecule has 0 radical (unpaired) electrons. The van der Waals surface area contributed by atoms with Crippen molar-refractivity contribution in [2.45, 2.75) is 37.2 Å². The molecule has 0 bridgehead atoms. The first-order chi connectivity index (χ1) is 17.3. The predicted molar refractivity (Wildman–Crippen MR) is 138 cm³/mol. The van der Waals surface area contributed by atoms with Crippen molar-refractivity contribution >= 4 is 39.0 Å². The van der Waals surface area contributed by atoms with E-state index in [-0.39, 0.29) is 30.1 Å². The normalized spacial score (nSPS) is 12.4. The second kappa shape index (κ2) is 11.3. The van der Waals surface area contributed by atoms with E-state index in [0.717, 1.165) is 15.9 Å². The van der Waals surface area contributed by atoms with Gasteiger partial charge in [-0.05, 0) is 52.6 Å². The number of benzene rings is 3. The molecular weight excluding hydrogens is 521 g/mol.